The van der Waals surface area contributed by atoms with E-state index in [2.05, 4.69) is 15.0 Å². The maximum absolute atomic E-state index is 14.4. The van der Waals surface area contributed by atoms with Crippen LogP contribution in [0.15, 0.2) is 85.7 Å². The van der Waals surface area contributed by atoms with Crippen LogP contribution in [0.4, 0.5) is 13.2 Å². The summed E-state index contributed by atoms with van der Waals surface area (Å²) in [7, 11) is 0. The summed E-state index contributed by atoms with van der Waals surface area (Å²) in [6.07, 6.45) is 4.19. The van der Waals surface area contributed by atoms with E-state index in [1.54, 1.807) is 47.6 Å². The standard InChI is InChI=1S/C28H23F3N4O2/c29-17-28(30,31)37-26-24(27(36)35-12-10-21(16-35)20-7-4-11-32-13-20)9-8-23(19-5-2-1-3-6-19)25(26)22-14-33-18-34-15-22/h1-9,11,13-15,18,21H,10,12,16-17H2. The fourth-order valence-corrected chi connectivity index (χ4v) is 4.61. The lowest BCUT2D eigenvalue weighted by Crippen LogP contribution is -2.32. The van der Waals surface area contributed by atoms with Crippen LogP contribution in [-0.2, 0) is 0 Å². The Hall–Kier alpha value is -4.27. The third-order valence-electron chi connectivity index (χ3n) is 6.36. The van der Waals surface area contributed by atoms with Gasteiger partial charge >= 0.3 is 6.11 Å². The average molecular weight is 505 g/mol. The second-order valence-corrected chi connectivity index (χ2v) is 8.75. The van der Waals surface area contributed by atoms with Gasteiger partial charge in [-0.15, -0.1) is 0 Å². The summed E-state index contributed by atoms with van der Waals surface area (Å²) in [6, 6.07) is 16.0. The molecule has 5 rings (SSSR count). The van der Waals surface area contributed by atoms with Gasteiger partial charge in [0, 0.05) is 54.9 Å². The Morgan fingerprint density at radius 3 is 2.46 bits per heavy atom. The highest BCUT2D eigenvalue weighted by molar-refractivity contribution is 6.02. The lowest BCUT2D eigenvalue weighted by atomic mass is 9.92. The van der Waals surface area contributed by atoms with Crippen LogP contribution in [0.3, 0.4) is 0 Å². The first-order valence-electron chi connectivity index (χ1n) is 11.8. The zero-order valence-electron chi connectivity index (χ0n) is 19.7. The first-order valence-corrected chi connectivity index (χ1v) is 11.8. The first kappa shape index (κ1) is 24.4. The second kappa shape index (κ2) is 10.4. The van der Waals surface area contributed by atoms with Gasteiger partial charge in [0.25, 0.3) is 5.91 Å². The summed E-state index contributed by atoms with van der Waals surface area (Å²) in [5, 5.41) is 0. The van der Waals surface area contributed by atoms with Crippen molar-refractivity contribution in [2.45, 2.75) is 18.4 Å². The zero-order chi connectivity index (χ0) is 25.8. The highest BCUT2D eigenvalue weighted by Gasteiger charge is 2.37. The number of hydrogen-bond acceptors (Lipinski definition) is 5. The molecule has 0 spiro atoms. The predicted octanol–water partition coefficient (Wildman–Crippen LogP) is 5.78. The van der Waals surface area contributed by atoms with Crippen molar-refractivity contribution in [1.82, 2.24) is 19.9 Å². The number of rotatable bonds is 7. The summed E-state index contributed by atoms with van der Waals surface area (Å²) in [4.78, 5) is 27.5. The van der Waals surface area contributed by atoms with Gasteiger partial charge in [0.15, 0.2) is 6.67 Å². The van der Waals surface area contributed by atoms with Crippen LogP contribution in [0, 0.1) is 0 Å². The fraction of sp³-hybridized carbons (Fsp3) is 0.214. The van der Waals surface area contributed by atoms with Crippen molar-refractivity contribution in [2.24, 2.45) is 0 Å². The van der Waals surface area contributed by atoms with E-state index in [1.807, 2.05) is 18.2 Å². The lowest BCUT2D eigenvalue weighted by Gasteiger charge is -2.24. The lowest BCUT2D eigenvalue weighted by molar-refractivity contribution is -0.186. The largest absolute Gasteiger partial charge is 0.429 e. The van der Waals surface area contributed by atoms with Crippen LogP contribution < -0.4 is 4.74 Å². The molecule has 3 heterocycles. The number of hydrogen-bond donors (Lipinski definition) is 0. The second-order valence-electron chi connectivity index (χ2n) is 8.75. The van der Waals surface area contributed by atoms with Crippen LogP contribution in [0.2, 0.25) is 0 Å². The molecule has 1 saturated heterocycles. The number of pyridine rings is 1. The predicted molar refractivity (Wildman–Crippen MR) is 132 cm³/mol. The molecule has 2 aromatic heterocycles. The molecule has 9 heteroatoms. The Morgan fingerprint density at radius 1 is 0.973 bits per heavy atom. The maximum Gasteiger partial charge on any atom is 0.427 e. The van der Waals surface area contributed by atoms with Crippen molar-refractivity contribution >= 4 is 5.91 Å². The van der Waals surface area contributed by atoms with Gasteiger partial charge in [-0.05, 0) is 35.2 Å². The highest BCUT2D eigenvalue weighted by Crippen LogP contribution is 2.44. The Balaban J connectivity index is 1.62. The molecule has 1 aliphatic heterocycles. The molecule has 2 aromatic carbocycles. The fourth-order valence-electron chi connectivity index (χ4n) is 4.61. The number of amides is 1. The number of likely N-dealkylation sites (tertiary alicyclic amines) is 1. The Labute approximate surface area is 211 Å². The third kappa shape index (κ3) is 5.16. The minimum Gasteiger partial charge on any atom is -0.429 e. The van der Waals surface area contributed by atoms with Crippen LogP contribution in [-0.4, -0.2) is 51.6 Å². The molecule has 6 nitrogen and oxygen atoms in total. The van der Waals surface area contributed by atoms with Crippen molar-refractivity contribution in [2.75, 3.05) is 19.8 Å². The van der Waals surface area contributed by atoms with Crippen LogP contribution in [0.25, 0.3) is 22.3 Å². The van der Waals surface area contributed by atoms with Gasteiger partial charge in [-0.1, -0.05) is 42.5 Å². The van der Waals surface area contributed by atoms with E-state index in [0.717, 1.165) is 5.56 Å². The molecule has 0 aliphatic carbocycles. The van der Waals surface area contributed by atoms with Gasteiger partial charge in [-0.3, -0.25) is 9.78 Å². The van der Waals surface area contributed by atoms with Crippen molar-refractivity contribution in [3.05, 3.63) is 96.8 Å². The quantitative estimate of drug-likeness (QED) is 0.319. The first-order chi connectivity index (χ1) is 18.0. The summed E-state index contributed by atoms with van der Waals surface area (Å²) >= 11 is 0. The van der Waals surface area contributed by atoms with Crippen LogP contribution >= 0.6 is 0 Å². The van der Waals surface area contributed by atoms with E-state index in [4.69, 9.17) is 4.74 Å². The molecule has 0 bridgehead atoms. The van der Waals surface area contributed by atoms with Crippen LogP contribution in [0.5, 0.6) is 5.75 Å². The molecule has 1 unspecified atom stereocenters. The zero-order valence-corrected chi connectivity index (χ0v) is 19.7. The molecule has 0 N–H and O–H groups in total. The molecule has 37 heavy (non-hydrogen) atoms. The van der Waals surface area contributed by atoms with Crippen LogP contribution in [0.1, 0.15) is 28.3 Å². The van der Waals surface area contributed by atoms with Gasteiger partial charge in [-0.2, -0.15) is 8.78 Å². The molecule has 0 saturated carbocycles. The van der Waals surface area contributed by atoms with Crippen molar-refractivity contribution in [1.29, 1.82) is 0 Å². The minimum absolute atomic E-state index is 0.0693. The topological polar surface area (TPSA) is 68.2 Å². The Morgan fingerprint density at radius 2 is 1.76 bits per heavy atom. The number of carbonyl (C=O) groups excluding carboxylic acids is 1. The highest BCUT2D eigenvalue weighted by atomic mass is 19.3. The number of benzene rings is 2. The number of ether oxygens (including phenoxy) is 1. The minimum atomic E-state index is -4.14. The van der Waals surface area contributed by atoms with E-state index in [-0.39, 0.29) is 17.0 Å². The van der Waals surface area contributed by atoms with Gasteiger partial charge in [0.2, 0.25) is 0 Å². The molecule has 4 aromatic rings. The number of halogens is 3. The SMILES string of the molecule is O=C(c1ccc(-c2ccccc2)c(-c2cncnc2)c1OC(F)(F)CF)N1CCC(c2cccnc2)C1. The van der Waals surface area contributed by atoms with Crippen molar-refractivity contribution < 1.29 is 22.7 Å². The molecule has 1 aliphatic rings. The smallest absolute Gasteiger partial charge is 0.427 e. The molecule has 1 atom stereocenters. The Kier molecular flexibility index (Phi) is 6.85. The summed E-state index contributed by atoms with van der Waals surface area (Å²) in [6.45, 7) is -1.22. The molecular weight excluding hydrogens is 481 g/mol. The number of aromatic nitrogens is 3. The summed E-state index contributed by atoms with van der Waals surface area (Å²) < 4.78 is 47.1. The Bertz CT molecular complexity index is 1370. The molecule has 0 radical (unpaired) electrons. The average Bonchev–Trinajstić information content (AvgIpc) is 3.44. The van der Waals surface area contributed by atoms with Gasteiger partial charge in [0.05, 0.1) is 5.56 Å². The monoisotopic (exact) mass is 504 g/mol. The van der Waals surface area contributed by atoms with Gasteiger partial charge in [0.1, 0.15) is 12.1 Å². The number of alkyl halides is 3. The molecular formula is C28H23F3N4O2. The molecule has 1 amide bonds. The number of carbonyl (C=O) groups is 1. The molecule has 1 fully saturated rings. The van der Waals surface area contributed by atoms with E-state index in [1.165, 1.54) is 24.8 Å². The third-order valence-corrected chi connectivity index (χ3v) is 6.36. The van der Waals surface area contributed by atoms with Crippen molar-refractivity contribution in [3.63, 3.8) is 0 Å². The molecule has 188 valence electrons. The summed E-state index contributed by atoms with van der Waals surface area (Å²) in [5.41, 5.74) is 2.68. The summed E-state index contributed by atoms with van der Waals surface area (Å²) in [5.74, 6) is -0.817. The van der Waals surface area contributed by atoms with Gasteiger partial charge in [-0.25, -0.2) is 14.4 Å². The van der Waals surface area contributed by atoms with E-state index in [9.17, 15) is 18.0 Å². The maximum atomic E-state index is 14.4. The van der Waals surface area contributed by atoms with Crippen molar-refractivity contribution in [3.8, 4) is 28.0 Å². The number of nitrogens with zero attached hydrogens (tertiary/aromatic N) is 4. The van der Waals surface area contributed by atoms with Gasteiger partial charge < -0.3 is 9.64 Å². The van der Waals surface area contributed by atoms with E-state index in [0.29, 0.717) is 36.2 Å². The normalized spacial score (nSPS) is 15.5. The van der Waals surface area contributed by atoms with E-state index < -0.39 is 24.4 Å². The van der Waals surface area contributed by atoms with E-state index >= 15 is 0 Å².